The van der Waals surface area contributed by atoms with Crippen LogP contribution in [-0.2, 0) is 9.53 Å². The summed E-state index contributed by atoms with van der Waals surface area (Å²) in [5.41, 5.74) is 0.187. The number of hydrogen-bond acceptors (Lipinski definition) is 3. The van der Waals surface area contributed by atoms with Gasteiger partial charge < -0.3 is 9.47 Å². The van der Waals surface area contributed by atoms with Crippen molar-refractivity contribution in [3.63, 3.8) is 0 Å². The molecule has 5 heteroatoms. The van der Waals surface area contributed by atoms with Gasteiger partial charge in [0.25, 0.3) is 0 Å². The Labute approximate surface area is 104 Å². The molecule has 1 rings (SSSR count). The molecule has 0 aliphatic heterocycles. The van der Waals surface area contributed by atoms with Crippen LogP contribution in [0.25, 0.3) is 0 Å². The monoisotopic (exact) mass is 258 g/mol. The Hall–Kier alpha value is -1.55. The molecule has 0 saturated carbocycles. The first-order chi connectivity index (χ1) is 8.04. The zero-order valence-corrected chi connectivity index (χ0v) is 10.1. The van der Waals surface area contributed by atoms with Crippen molar-refractivity contribution in [1.82, 2.24) is 0 Å². The highest BCUT2D eigenvalue weighted by Crippen LogP contribution is 2.21. The molecular formula is C12H12ClFO3. The molecule has 17 heavy (non-hydrogen) atoms. The summed E-state index contributed by atoms with van der Waals surface area (Å²) in [5.74, 6) is -0.675. The van der Waals surface area contributed by atoms with E-state index in [1.54, 1.807) is 6.92 Å². The molecule has 3 nitrogen and oxygen atoms in total. The number of esters is 1. The van der Waals surface area contributed by atoms with Gasteiger partial charge in [0.15, 0.2) is 0 Å². The first-order valence-corrected chi connectivity index (χ1v) is 5.35. The molecule has 0 unspecified atom stereocenters. The van der Waals surface area contributed by atoms with E-state index in [1.165, 1.54) is 18.2 Å². The van der Waals surface area contributed by atoms with E-state index in [2.05, 4.69) is 6.58 Å². The molecule has 0 aliphatic carbocycles. The Bertz CT molecular complexity index is 432. The van der Waals surface area contributed by atoms with Gasteiger partial charge in [0.05, 0.1) is 17.2 Å². The SMILES string of the molecule is C=C(COc1ccc(F)c(Cl)c1)C(=O)OCC. The number of carbonyl (C=O) groups is 1. The predicted molar refractivity (Wildman–Crippen MR) is 62.7 cm³/mol. The van der Waals surface area contributed by atoms with Crippen LogP contribution in [0.4, 0.5) is 4.39 Å². The fourth-order valence-electron chi connectivity index (χ4n) is 1.03. The molecule has 0 spiro atoms. The van der Waals surface area contributed by atoms with Gasteiger partial charge in [-0.15, -0.1) is 0 Å². The largest absolute Gasteiger partial charge is 0.489 e. The van der Waals surface area contributed by atoms with E-state index >= 15 is 0 Å². The Balaban J connectivity index is 2.53. The first kappa shape index (κ1) is 13.5. The molecule has 0 amide bonds. The van der Waals surface area contributed by atoms with E-state index in [4.69, 9.17) is 21.1 Å². The second-order valence-corrected chi connectivity index (χ2v) is 3.60. The lowest BCUT2D eigenvalue weighted by molar-refractivity contribution is -0.138. The summed E-state index contributed by atoms with van der Waals surface area (Å²) in [6.45, 7) is 5.47. The van der Waals surface area contributed by atoms with E-state index in [-0.39, 0.29) is 23.8 Å². The molecule has 92 valence electrons. The summed E-state index contributed by atoms with van der Waals surface area (Å²) in [6.07, 6.45) is 0. The van der Waals surface area contributed by atoms with Crippen LogP contribution in [0.3, 0.4) is 0 Å². The fourth-order valence-corrected chi connectivity index (χ4v) is 1.20. The van der Waals surface area contributed by atoms with Crippen LogP contribution in [0, 0.1) is 5.82 Å². The molecule has 0 heterocycles. The van der Waals surface area contributed by atoms with Gasteiger partial charge in [0.2, 0.25) is 0 Å². The van der Waals surface area contributed by atoms with Crippen molar-refractivity contribution in [1.29, 1.82) is 0 Å². The van der Waals surface area contributed by atoms with Crippen molar-refractivity contribution in [3.05, 3.63) is 41.2 Å². The summed E-state index contributed by atoms with van der Waals surface area (Å²) < 4.78 is 22.8. The van der Waals surface area contributed by atoms with Crippen molar-refractivity contribution in [3.8, 4) is 5.75 Å². The number of hydrogen-bond donors (Lipinski definition) is 0. The topological polar surface area (TPSA) is 35.5 Å². The maximum Gasteiger partial charge on any atom is 0.336 e. The number of ether oxygens (including phenoxy) is 2. The van der Waals surface area contributed by atoms with Crippen LogP contribution in [0.2, 0.25) is 5.02 Å². The van der Waals surface area contributed by atoms with Crippen LogP contribution in [0.1, 0.15) is 6.92 Å². The molecule has 0 radical (unpaired) electrons. The molecule has 0 N–H and O–H groups in total. The van der Waals surface area contributed by atoms with Crippen molar-refractivity contribution < 1.29 is 18.7 Å². The summed E-state index contributed by atoms with van der Waals surface area (Å²) in [4.78, 5) is 11.2. The van der Waals surface area contributed by atoms with Gasteiger partial charge in [-0.2, -0.15) is 0 Å². The van der Waals surface area contributed by atoms with Crippen molar-refractivity contribution in [2.45, 2.75) is 6.92 Å². The highest BCUT2D eigenvalue weighted by atomic mass is 35.5. The van der Waals surface area contributed by atoms with Gasteiger partial charge in [-0.25, -0.2) is 9.18 Å². The van der Waals surface area contributed by atoms with Gasteiger partial charge in [0.1, 0.15) is 18.2 Å². The van der Waals surface area contributed by atoms with Crippen LogP contribution in [-0.4, -0.2) is 19.2 Å². The fraction of sp³-hybridized carbons (Fsp3) is 0.250. The molecule has 0 atom stereocenters. The molecule has 0 aromatic heterocycles. The summed E-state index contributed by atoms with van der Waals surface area (Å²) in [6, 6.07) is 3.93. The minimum Gasteiger partial charge on any atom is -0.489 e. The zero-order valence-electron chi connectivity index (χ0n) is 9.33. The average Bonchev–Trinajstić information content (AvgIpc) is 2.30. The number of carbonyl (C=O) groups excluding carboxylic acids is 1. The first-order valence-electron chi connectivity index (χ1n) is 4.97. The third-order valence-corrected chi connectivity index (χ3v) is 2.16. The van der Waals surface area contributed by atoms with E-state index in [0.717, 1.165) is 0 Å². The van der Waals surface area contributed by atoms with Crippen LogP contribution < -0.4 is 4.74 Å². The average molecular weight is 259 g/mol. The Morgan fingerprint density at radius 3 is 2.82 bits per heavy atom. The summed E-state index contributed by atoms with van der Waals surface area (Å²) >= 11 is 5.57. The normalized spacial score (nSPS) is 9.82. The molecule has 1 aromatic carbocycles. The quantitative estimate of drug-likeness (QED) is 0.602. The molecular weight excluding hydrogens is 247 g/mol. The lowest BCUT2D eigenvalue weighted by atomic mass is 10.3. The van der Waals surface area contributed by atoms with Crippen molar-refractivity contribution in [2.75, 3.05) is 13.2 Å². The second kappa shape index (κ2) is 6.25. The van der Waals surface area contributed by atoms with E-state index in [9.17, 15) is 9.18 Å². The predicted octanol–water partition coefficient (Wildman–Crippen LogP) is 2.98. The summed E-state index contributed by atoms with van der Waals surface area (Å²) in [7, 11) is 0. The third-order valence-electron chi connectivity index (χ3n) is 1.87. The minimum atomic E-state index is -0.525. The standard InChI is InChI=1S/C12H12ClFO3/c1-3-16-12(15)8(2)7-17-9-4-5-11(14)10(13)6-9/h4-6H,2-3,7H2,1H3. The lowest BCUT2D eigenvalue weighted by Gasteiger charge is -2.08. The number of benzene rings is 1. The van der Waals surface area contributed by atoms with Crippen molar-refractivity contribution in [2.24, 2.45) is 0 Å². The Kier molecular flexibility index (Phi) is 4.97. The van der Waals surface area contributed by atoms with Crippen LogP contribution >= 0.6 is 11.6 Å². The lowest BCUT2D eigenvalue weighted by Crippen LogP contribution is -2.13. The number of rotatable bonds is 5. The second-order valence-electron chi connectivity index (χ2n) is 3.19. The van der Waals surface area contributed by atoms with Gasteiger partial charge in [-0.1, -0.05) is 18.2 Å². The van der Waals surface area contributed by atoms with Gasteiger partial charge in [0, 0.05) is 6.07 Å². The molecule has 0 fully saturated rings. The highest BCUT2D eigenvalue weighted by molar-refractivity contribution is 6.30. The molecule has 0 aliphatic rings. The van der Waals surface area contributed by atoms with Crippen molar-refractivity contribution >= 4 is 17.6 Å². The maximum absolute atomic E-state index is 12.8. The highest BCUT2D eigenvalue weighted by Gasteiger charge is 2.09. The Morgan fingerprint density at radius 1 is 1.53 bits per heavy atom. The Morgan fingerprint density at radius 2 is 2.24 bits per heavy atom. The summed E-state index contributed by atoms with van der Waals surface area (Å²) in [5, 5.41) is -0.0377. The van der Waals surface area contributed by atoms with E-state index in [1.807, 2.05) is 0 Å². The van der Waals surface area contributed by atoms with E-state index < -0.39 is 11.8 Å². The number of halogens is 2. The van der Waals surface area contributed by atoms with E-state index in [0.29, 0.717) is 5.75 Å². The smallest absolute Gasteiger partial charge is 0.336 e. The maximum atomic E-state index is 12.8. The zero-order chi connectivity index (χ0) is 12.8. The molecule has 0 saturated heterocycles. The molecule has 0 bridgehead atoms. The minimum absolute atomic E-state index is 0.0270. The van der Waals surface area contributed by atoms with Crippen LogP contribution in [0.15, 0.2) is 30.4 Å². The van der Waals surface area contributed by atoms with Crippen LogP contribution in [0.5, 0.6) is 5.75 Å². The van der Waals surface area contributed by atoms with Gasteiger partial charge in [-0.3, -0.25) is 0 Å². The third kappa shape index (κ3) is 4.07. The molecule has 1 aromatic rings. The van der Waals surface area contributed by atoms with Gasteiger partial charge in [-0.05, 0) is 19.1 Å². The van der Waals surface area contributed by atoms with Gasteiger partial charge >= 0.3 is 5.97 Å².